The van der Waals surface area contributed by atoms with E-state index in [-0.39, 0.29) is 11.9 Å². The number of nitrogens with zero attached hydrogens (tertiary/aromatic N) is 6. The van der Waals surface area contributed by atoms with Crippen molar-refractivity contribution in [1.29, 1.82) is 0 Å². The van der Waals surface area contributed by atoms with Gasteiger partial charge in [-0.2, -0.15) is 5.10 Å². The van der Waals surface area contributed by atoms with Crippen LogP contribution in [0.5, 0.6) is 0 Å². The second kappa shape index (κ2) is 8.88. The van der Waals surface area contributed by atoms with E-state index in [9.17, 15) is 13.6 Å². The average Bonchev–Trinajstić information content (AvgIpc) is 3.66. The minimum atomic E-state index is -0.463. The molecule has 1 aliphatic rings. The minimum Gasteiger partial charge on any atom is -0.364 e. The first-order valence-electron chi connectivity index (χ1n) is 11.5. The Hall–Kier alpha value is -4.60. The number of halogens is 2. The SMILES string of the molecule is O=C(Nc1ccc(-n2ccnc2)cn1)c1cnn2ccc(N3CCC[C@@H]3c3cc(F)ccc3F)cc12. The molecule has 1 atom stereocenters. The molecular weight excluding hydrogens is 464 g/mol. The molecule has 36 heavy (non-hydrogen) atoms. The van der Waals surface area contributed by atoms with Crippen LogP contribution in [0.1, 0.15) is 34.8 Å². The second-order valence-electron chi connectivity index (χ2n) is 8.62. The Labute approximate surface area is 204 Å². The highest BCUT2D eigenvalue weighted by atomic mass is 19.1. The molecular formula is C26H21F2N7O. The summed E-state index contributed by atoms with van der Waals surface area (Å²) in [6.07, 6.45) is 11.6. The van der Waals surface area contributed by atoms with Crippen LogP contribution >= 0.6 is 0 Å². The van der Waals surface area contributed by atoms with Crippen molar-refractivity contribution < 1.29 is 13.6 Å². The van der Waals surface area contributed by atoms with Crippen LogP contribution in [0.4, 0.5) is 20.3 Å². The summed E-state index contributed by atoms with van der Waals surface area (Å²) in [5, 5.41) is 7.11. The summed E-state index contributed by atoms with van der Waals surface area (Å²) in [6.45, 7) is 0.694. The van der Waals surface area contributed by atoms with Gasteiger partial charge in [0.05, 0.1) is 41.5 Å². The predicted octanol–water partition coefficient (Wildman–Crippen LogP) is 4.79. The molecule has 10 heteroatoms. The van der Waals surface area contributed by atoms with Gasteiger partial charge < -0.3 is 14.8 Å². The van der Waals surface area contributed by atoms with Gasteiger partial charge in [0.15, 0.2) is 0 Å². The fourth-order valence-electron chi connectivity index (χ4n) is 4.70. The zero-order valence-corrected chi connectivity index (χ0v) is 19.1. The van der Waals surface area contributed by atoms with Crippen LogP contribution in [0, 0.1) is 11.6 Å². The van der Waals surface area contributed by atoms with Crippen molar-refractivity contribution in [2.24, 2.45) is 0 Å². The second-order valence-corrected chi connectivity index (χ2v) is 8.62. The third-order valence-corrected chi connectivity index (χ3v) is 6.44. The molecule has 0 spiro atoms. The number of nitrogens with one attached hydrogen (secondary N) is 1. The van der Waals surface area contributed by atoms with Crippen LogP contribution in [-0.4, -0.2) is 36.6 Å². The zero-order valence-electron chi connectivity index (χ0n) is 19.1. The van der Waals surface area contributed by atoms with Crippen LogP contribution in [-0.2, 0) is 0 Å². The Balaban J connectivity index is 1.27. The molecule has 8 nitrogen and oxygen atoms in total. The molecule has 0 bridgehead atoms. The minimum absolute atomic E-state index is 0.290. The van der Waals surface area contributed by atoms with E-state index in [2.05, 4.69) is 20.4 Å². The molecule has 5 aromatic rings. The van der Waals surface area contributed by atoms with Gasteiger partial charge in [-0.25, -0.2) is 23.3 Å². The van der Waals surface area contributed by atoms with E-state index in [1.165, 1.54) is 18.3 Å². The first-order chi connectivity index (χ1) is 17.6. The highest BCUT2D eigenvalue weighted by Gasteiger charge is 2.29. The smallest absolute Gasteiger partial charge is 0.260 e. The lowest BCUT2D eigenvalue weighted by atomic mass is 10.0. The van der Waals surface area contributed by atoms with Crippen LogP contribution in [0.2, 0.25) is 0 Å². The van der Waals surface area contributed by atoms with E-state index in [4.69, 9.17) is 0 Å². The molecule has 0 aliphatic carbocycles. The Kier molecular flexibility index (Phi) is 5.40. The maximum atomic E-state index is 14.5. The summed E-state index contributed by atoms with van der Waals surface area (Å²) >= 11 is 0. The highest BCUT2D eigenvalue weighted by Crippen LogP contribution is 2.38. The van der Waals surface area contributed by atoms with E-state index in [0.717, 1.165) is 23.9 Å². The van der Waals surface area contributed by atoms with Crippen molar-refractivity contribution in [1.82, 2.24) is 24.1 Å². The molecule has 4 aromatic heterocycles. The van der Waals surface area contributed by atoms with E-state index in [1.807, 2.05) is 27.7 Å². The molecule has 180 valence electrons. The van der Waals surface area contributed by atoms with Crippen LogP contribution in [0.3, 0.4) is 0 Å². The lowest BCUT2D eigenvalue weighted by molar-refractivity contribution is 0.102. The van der Waals surface area contributed by atoms with Crippen molar-refractivity contribution >= 4 is 22.9 Å². The number of hydrogen-bond acceptors (Lipinski definition) is 5. The van der Waals surface area contributed by atoms with Gasteiger partial charge in [0.1, 0.15) is 17.5 Å². The number of hydrogen-bond donors (Lipinski definition) is 1. The fraction of sp³-hybridized carbons (Fsp3) is 0.154. The summed E-state index contributed by atoms with van der Waals surface area (Å²) in [7, 11) is 0. The third kappa shape index (κ3) is 3.96. The largest absolute Gasteiger partial charge is 0.364 e. The van der Waals surface area contributed by atoms with Gasteiger partial charge in [-0.3, -0.25) is 4.79 Å². The standard InChI is InChI=1S/C26H21F2N7O/c27-17-3-5-22(28)20(12-17)23-2-1-9-34(23)18-7-10-35-24(13-18)21(15-31-35)26(36)32-25-6-4-19(14-30-25)33-11-8-29-16-33/h3-8,10-16,23H,1-2,9H2,(H,30,32,36)/t23-/m1/s1. The molecule has 1 N–H and O–H groups in total. The molecule has 1 amide bonds. The van der Waals surface area contributed by atoms with Crippen LogP contribution in [0.15, 0.2) is 79.8 Å². The van der Waals surface area contributed by atoms with E-state index >= 15 is 0 Å². The summed E-state index contributed by atoms with van der Waals surface area (Å²) < 4.78 is 31.8. The molecule has 1 aromatic carbocycles. The number of anilines is 2. The molecule has 6 rings (SSSR count). The quantitative estimate of drug-likeness (QED) is 0.387. The third-order valence-electron chi connectivity index (χ3n) is 6.44. The van der Waals surface area contributed by atoms with Gasteiger partial charge in [0.25, 0.3) is 5.91 Å². The molecule has 1 saturated heterocycles. The summed E-state index contributed by atoms with van der Waals surface area (Å²) in [4.78, 5) is 23.5. The van der Waals surface area contributed by atoms with Crippen molar-refractivity contribution in [3.63, 3.8) is 0 Å². The lowest BCUT2D eigenvalue weighted by Gasteiger charge is -2.27. The summed E-state index contributed by atoms with van der Waals surface area (Å²) in [5.74, 6) is -0.833. The van der Waals surface area contributed by atoms with Gasteiger partial charge in [0.2, 0.25) is 0 Å². The van der Waals surface area contributed by atoms with E-state index in [1.54, 1.807) is 41.7 Å². The number of imidazole rings is 1. The first kappa shape index (κ1) is 21.9. The van der Waals surface area contributed by atoms with Crippen molar-refractivity contribution in [2.75, 3.05) is 16.8 Å². The maximum Gasteiger partial charge on any atom is 0.260 e. The Morgan fingerprint density at radius 2 is 1.94 bits per heavy atom. The lowest BCUT2D eigenvalue weighted by Crippen LogP contribution is -2.23. The topological polar surface area (TPSA) is 80.3 Å². The highest BCUT2D eigenvalue weighted by molar-refractivity contribution is 6.08. The van der Waals surface area contributed by atoms with Crippen LogP contribution in [0.25, 0.3) is 11.2 Å². The van der Waals surface area contributed by atoms with Crippen LogP contribution < -0.4 is 10.2 Å². The van der Waals surface area contributed by atoms with Gasteiger partial charge >= 0.3 is 0 Å². The Morgan fingerprint density at radius 1 is 1.03 bits per heavy atom. The van der Waals surface area contributed by atoms with Gasteiger partial charge in [-0.05, 0) is 55.3 Å². The molecule has 0 saturated carbocycles. The number of pyridine rings is 2. The number of benzene rings is 1. The monoisotopic (exact) mass is 485 g/mol. The molecule has 5 heterocycles. The Bertz CT molecular complexity index is 1550. The van der Waals surface area contributed by atoms with E-state index < -0.39 is 11.6 Å². The van der Waals surface area contributed by atoms with E-state index in [0.29, 0.717) is 35.4 Å². The van der Waals surface area contributed by atoms with Gasteiger partial charge in [-0.15, -0.1) is 0 Å². The van der Waals surface area contributed by atoms with Crippen molar-refractivity contribution in [3.05, 3.63) is 103 Å². The Morgan fingerprint density at radius 3 is 2.75 bits per heavy atom. The van der Waals surface area contributed by atoms with Gasteiger partial charge in [-0.1, -0.05) is 0 Å². The molecule has 0 unspecified atom stereocenters. The maximum absolute atomic E-state index is 14.5. The number of rotatable bonds is 5. The van der Waals surface area contributed by atoms with Crippen molar-refractivity contribution in [3.8, 4) is 5.69 Å². The van der Waals surface area contributed by atoms with Crippen molar-refractivity contribution in [2.45, 2.75) is 18.9 Å². The zero-order chi connectivity index (χ0) is 24.6. The molecule has 1 fully saturated rings. The predicted molar refractivity (Wildman–Crippen MR) is 130 cm³/mol. The number of carbonyl (C=O) groups excluding carboxylic acids is 1. The number of aromatic nitrogens is 5. The normalized spacial score (nSPS) is 15.5. The molecule has 1 aliphatic heterocycles. The van der Waals surface area contributed by atoms with Gasteiger partial charge in [0, 0.05) is 36.4 Å². The fourth-order valence-corrected chi connectivity index (χ4v) is 4.70. The summed E-state index contributed by atoms with van der Waals surface area (Å²) in [5.41, 5.74) is 2.95. The first-order valence-corrected chi connectivity index (χ1v) is 11.5. The number of fused-ring (bicyclic) bond motifs is 1. The molecule has 0 radical (unpaired) electrons. The summed E-state index contributed by atoms with van der Waals surface area (Å²) in [6, 6.07) is 10.5. The number of amides is 1. The average molecular weight is 485 g/mol. The number of carbonyl (C=O) groups is 1.